The van der Waals surface area contributed by atoms with Gasteiger partial charge >= 0.3 is 0 Å². The maximum Gasteiger partial charge on any atom is 0.0642 e. The van der Waals surface area contributed by atoms with E-state index >= 15 is 0 Å². The highest BCUT2D eigenvalue weighted by atomic mass is 35.5. The zero-order valence-corrected chi connectivity index (χ0v) is 13.9. The van der Waals surface area contributed by atoms with Crippen LogP contribution in [-0.2, 0) is 6.54 Å². The fraction of sp³-hybridized carbons (Fsp3) is 0.647. The largest absolute Gasteiger partial charge is 0.370 e. The third kappa shape index (κ3) is 3.71. The predicted octanol–water partition coefficient (Wildman–Crippen LogP) is 3.12. The molecule has 0 radical (unpaired) electrons. The van der Waals surface area contributed by atoms with E-state index in [1.54, 1.807) is 0 Å². The average molecular weight is 308 g/mol. The second-order valence-corrected chi connectivity index (χ2v) is 6.96. The lowest BCUT2D eigenvalue weighted by Crippen LogP contribution is -2.42. The Hall–Kier alpha value is -0.770. The van der Waals surface area contributed by atoms with Crippen LogP contribution in [0.15, 0.2) is 18.2 Å². The average Bonchev–Trinajstić information content (AvgIpc) is 3.29. The highest BCUT2D eigenvalue weighted by Crippen LogP contribution is 2.33. The lowest BCUT2D eigenvalue weighted by atomic mass is 10.0. The third-order valence-corrected chi connectivity index (χ3v) is 5.12. The Labute approximate surface area is 133 Å². The van der Waals surface area contributed by atoms with Crippen LogP contribution in [0.1, 0.15) is 31.2 Å². The van der Waals surface area contributed by atoms with E-state index in [2.05, 4.69) is 41.3 Å². The van der Waals surface area contributed by atoms with Gasteiger partial charge in [0, 0.05) is 25.7 Å². The van der Waals surface area contributed by atoms with Gasteiger partial charge in [0.25, 0.3) is 0 Å². The van der Waals surface area contributed by atoms with E-state index in [1.165, 1.54) is 50.0 Å². The summed E-state index contributed by atoms with van der Waals surface area (Å²) in [6.07, 6.45) is 5.07. The van der Waals surface area contributed by atoms with Crippen molar-refractivity contribution < 1.29 is 0 Å². The number of rotatable bonds is 5. The van der Waals surface area contributed by atoms with Crippen LogP contribution in [0, 0.1) is 0 Å². The summed E-state index contributed by atoms with van der Waals surface area (Å²) >= 11 is 6.52. The van der Waals surface area contributed by atoms with Crippen molar-refractivity contribution in [3.63, 3.8) is 0 Å². The van der Waals surface area contributed by atoms with Crippen molar-refractivity contribution in [3.05, 3.63) is 28.8 Å². The number of nitrogens with one attached hydrogen (secondary N) is 1. The molecule has 3 rings (SSSR count). The number of likely N-dealkylation sites (tertiary alicyclic amines) is 1. The number of para-hydroxylation sites is 1. The first kappa shape index (κ1) is 15.1. The highest BCUT2D eigenvalue weighted by molar-refractivity contribution is 6.33. The number of nitrogens with zero attached hydrogens (tertiary/aromatic N) is 2. The lowest BCUT2D eigenvalue weighted by molar-refractivity contribution is 0.252. The Kier molecular flexibility index (Phi) is 4.72. The highest BCUT2D eigenvalue weighted by Gasteiger charge is 2.25. The molecule has 2 fully saturated rings. The van der Waals surface area contributed by atoms with Gasteiger partial charge in [-0.3, -0.25) is 0 Å². The summed E-state index contributed by atoms with van der Waals surface area (Å²) in [5.41, 5.74) is 2.55. The molecule has 116 valence electrons. The molecular formula is C17H26ClN3. The summed E-state index contributed by atoms with van der Waals surface area (Å²) in [5.74, 6) is 0. The fourth-order valence-electron chi connectivity index (χ4n) is 3.20. The molecule has 1 aromatic carbocycles. The molecule has 1 N–H and O–H groups in total. The summed E-state index contributed by atoms with van der Waals surface area (Å²) in [6.45, 7) is 3.28. The molecule has 0 unspecified atom stereocenters. The molecule has 1 saturated heterocycles. The van der Waals surface area contributed by atoms with Crippen LogP contribution in [0.5, 0.6) is 0 Å². The number of benzene rings is 1. The molecule has 4 heteroatoms. The monoisotopic (exact) mass is 307 g/mol. The Balaban J connectivity index is 1.75. The Morgan fingerprint density at radius 1 is 1.24 bits per heavy atom. The summed E-state index contributed by atoms with van der Waals surface area (Å²) in [7, 11) is 4.41. The molecule has 1 saturated carbocycles. The van der Waals surface area contributed by atoms with Crippen molar-refractivity contribution in [2.75, 3.05) is 32.1 Å². The van der Waals surface area contributed by atoms with Crippen LogP contribution in [0.4, 0.5) is 5.69 Å². The molecule has 0 atom stereocenters. The van der Waals surface area contributed by atoms with Crippen LogP contribution < -0.4 is 10.2 Å². The molecule has 0 spiro atoms. The van der Waals surface area contributed by atoms with Gasteiger partial charge in [0.2, 0.25) is 0 Å². The minimum absolute atomic E-state index is 0.598. The molecular weight excluding hydrogens is 282 g/mol. The van der Waals surface area contributed by atoms with Crippen LogP contribution in [-0.4, -0.2) is 44.2 Å². The second kappa shape index (κ2) is 6.55. The summed E-state index contributed by atoms with van der Waals surface area (Å²) in [6, 6.07) is 7.62. The van der Waals surface area contributed by atoms with Gasteiger partial charge in [0.1, 0.15) is 0 Å². The molecule has 0 aromatic heterocycles. The number of halogens is 1. The summed E-state index contributed by atoms with van der Waals surface area (Å²) < 4.78 is 0. The predicted molar refractivity (Wildman–Crippen MR) is 90.2 cm³/mol. The Morgan fingerprint density at radius 2 is 1.95 bits per heavy atom. The smallest absolute Gasteiger partial charge is 0.0642 e. The zero-order chi connectivity index (χ0) is 14.8. The van der Waals surface area contributed by atoms with E-state index in [0.717, 1.165) is 17.6 Å². The fourth-order valence-corrected chi connectivity index (χ4v) is 3.53. The van der Waals surface area contributed by atoms with Crippen molar-refractivity contribution >= 4 is 17.3 Å². The molecule has 1 aliphatic heterocycles. The van der Waals surface area contributed by atoms with Crippen LogP contribution >= 0.6 is 11.6 Å². The molecule has 2 aliphatic rings. The van der Waals surface area contributed by atoms with Crippen molar-refractivity contribution in [2.24, 2.45) is 0 Å². The Morgan fingerprint density at radius 3 is 2.62 bits per heavy atom. The molecule has 3 nitrogen and oxygen atoms in total. The second-order valence-electron chi connectivity index (χ2n) is 6.55. The topological polar surface area (TPSA) is 18.5 Å². The van der Waals surface area contributed by atoms with E-state index in [-0.39, 0.29) is 0 Å². The number of anilines is 1. The normalized spacial score (nSPS) is 20.7. The van der Waals surface area contributed by atoms with Gasteiger partial charge in [-0.1, -0.05) is 23.7 Å². The Bertz CT molecular complexity index is 479. The standard InChI is InChI=1S/C17H26ClN3/c1-20-10-8-15(9-11-20)21(2)17-13(4-3-5-16(17)18)12-19-14-6-7-14/h3-5,14-15,19H,6-12H2,1-2H3. The maximum absolute atomic E-state index is 6.52. The van der Waals surface area contributed by atoms with Crippen molar-refractivity contribution in [1.29, 1.82) is 0 Å². The van der Waals surface area contributed by atoms with Crippen LogP contribution in [0.2, 0.25) is 5.02 Å². The molecule has 1 heterocycles. The maximum atomic E-state index is 6.52. The van der Waals surface area contributed by atoms with Gasteiger partial charge in [-0.25, -0.2) is 0 Å². The van der Waals surface area contributed by atoms with Gasteiger partial charge in [-0.2, -0.15) is 0 Å². The lowest BCUT2D eigenvalue weighted by Gasteiger charge is -2.37. The SMILES string of the molecule is CN1CCC(N(C)c2c(Cl)cccc2CNC2CC2)CC1. The molecule has 1 aliphatic carbocycles. The number of hydrogen-bond acceptors (Lipinski definition) is 3. The first-order valence-electron chi connectivity index (χ1n) is 8.07. The third-order valence-electron chi connectivity index (χ3n) is 4.82. The number of hydrogen-bond donors (Lipinski definition) is 1. The van der Waals surface area contributed by atoms with E-state index in [1.807, 2.05) is 6.07 Å². The molecule has 1 aromatic rings. The zero-order valence-electron chi connectivity index (χ0n) is 13.1. The van der Waals surface area contributed by atoms with Gasteiger partial charge < -0.3 is 15.1 Å². The minimum atomic E-state index is 0.598. The van der Waals surface area contributed by atoms with E-state index in [4.69, 9.17) is 11.6 Å². The van der Waals surface area contributed by atoms with Crippen LogP contribution in [0.25, 0.3) is 0 Å². The number of piperidine rings is 1. The van der Waals surface area contributed by atoms with Crippen molar-refractivity contribution in [3.8, 4) is 0 Å². The van der Waals surface area contributed by atoms with Gasteiger partial charge in [0.15, 0.2) is 0 Å². The van der Waals surface area contributed by atoms with E-state index in [0.29, 0.717) is 6.04 Å². The molecule has 21 heavy (non-hydrogen) atoms. The van der Waals surface area contributed by atoms with Gasteiger partial charge in [-0.15, -0.1) is 0 Å². The minimum Gasteiger partial charge on any atom is -0.370 e. The summed E-state index contributed by atoms with van der Waals surface area (Å²) in [5, 5.41) is 4.49. The van der Waals surface area contributed by atoms with E-state index < -0.39 is 0 Å². The van der Waals surface area contributed by atoms with E-state index in [9.17, 15) is 0 Å². The first-order valence-corrected chi connectivity index (χ1v) is 8.45. The van der Waals surface area contributed by atoms with Crippen molar-refractivity contribution in [1.82, 2.24) is 10.2 Å². The van der Waals surface area contributed by atoms with Crippen LogP contribution in [0.3, 0.4) is 0 Å². The van der Waals surface area contributed by atoms with Gasteiger partial charge in [-0.05, 0) is 57.5 Å². The summed E-state index contributed by atoms with van der Waals surface area (Å²) in [4.78, 5) is 4.83. The van der Waals surface area contributed by atoms with Gasteiger partial charge in [0.05, 0.1) is 10.7 Å². The first-order chi connectivity index (χ1) is 10.1. The molecule has 0 bridgehead atoms. The quantitative estimate of drug-likeness (QED) is 0.901. The molecule has 0 amide bonds. The van der Waals surface area contributed by atoms with Crippen molar-refractivity contribution in [2.45, 2.75) is 44.3 Å².